The number of hydrogen-bond acceptors (Lipinski definition) is 6. The van der Waals surface area contributed by atoms with Gasteiger partial charge in [0.25, 0.3) is 0 Å². The largest absolute Gasteiger partial charge is 0.486 e. The van der Waals surface area contributed by atoms with Crippen molar-refractivity contribution in [1.29, 1.82) is 0 Å². The number of fused-ring (bicyclic) bond motifs is 1. The quantitative estimate of drug-likeness (QED) is 0.608. The van der Waals surface area contributed by atoms with Crippen molar-refractivity contribution >= 4 is 22.4 Å². The number of aromatic nitrogens is 1. The summed E-state index contributed by atoms with van der Waals surface area (Å²) < 4.78 is 16.7. The maximum absolute atomic E-state index is 12.1. The van der Waals surface area contributed by atoms with Gasteiger partial charge in [-0.25, -0.2) is 4.98 Å². The van der Waals surface area contributed by atoms with Crippen LogP contribution in [0.2, 0.25) is 0 Å². The Morgan fingerprint density at radius 2 is 1.93 bits per heavy atom. The highest BCUT2D eigenvalue weighted by Gasteiger charge is 2.14. The van der Waals surface area contributed by atoms with E-state index < -0.39 is 0 Å². The third kappa shape index (κ3) is 4.68. The molecule has 28 heavy (non-hydrogen) atoms. The van der Waals surface area contributed by atoms with Crippen molar-refractivity contribution in [2.75, 3.05) is 25.1 Å². The number of carbonyl (C=O) groups excluding carboxylic acids is 1. The fraction of sp³-hybridized carbons (Fsp3) is 0.238. The zero-order valence-corrected chi connectivity index (χ0v) is 16.0. The second kappa shape index (κ2) is 8.86. The first-order valence-electron chi connectivity index (χ1n) is 9.05. The molecule has 0 fully saturated rings. The third-order valence-corrected chi connectivity index (χ3v) is 4.93. The number of ether oxygens (including phenoxy) is 3. The van der Waals surface area contributed by atoms with Crippen LogP contribution in [0.4, 0.5) is 5.13 Å². The van der Waals surface area contributed by atoms with E-state index in [1.807, 2.05) is 53.9 Å². The Morgan fingerprint density at radius 3 is 2.79 bits per heavy atom. The number of nitrogens with zero attached hydrogens (tertiary/aromatic N) is 1. The van der Waals surface area contributed by atoms with Gasteiger partial charge in [-0.2, -0.15) is 0 Å². The van der Waals surface area contributed by atoms with E-state index in [-0.39, 0.29) is 12.3 Å². The minimum absolute atomic E-state index is 0.115. The summed E-state index contributed by atoms with van der Waals surface area (Å²) in [6.45, 7) is 1.97. The summed E-state index contributed by atoms with van der Waals surface area (Å²) in [6.07, 6.45) is 0.284. The Balaban J connectivity index is 1.28. The van der Waals surface area contributed by atoms with Crippen LogP contribution in [0.3, 0.4) is 0 Å². The first-order valence-corrected chi connectivity index (χ1v) is 9.93. The van der Waals surface area contributed by atoms with E-state index in [9.17, 15) is 4.79 Å². The van der Waals surface area contributed by atoms with Crippen molar-refractivity contribution in [3.05, 3.63) is 59.5 Å². The summed E-state index contributed by atoms with van der Waals surface area (Å²) in [5.41, 5.74) is 2.80. The second-order valence-electron chi connectivity index (χ2n) is 6.23. The molecule has 2 heterocycles. The van der Waals surface area contributed by atoms with Crippen molar-refractivity contribution in [2.45, 2.75) is 13.0 Å². The van der Waals surface area contributed by atoms with Crippen LogP contribution in [0.5, 0.6) is 11.5 Å². The first-order chi connectivity index (χ1) is 13.8. The molecule has 0 aliphatic carbocycles. The molecule has 3 aromatic rings. The van der Waals surface area contributed by atoms with Crippen LogP contribution >= 0.6 is 11.3 Å². The standard InChI is InChI=1S/C21H20N2O4S/c24-20(8-9-25-13-15-4-2-1-3-5-15)23-21-22-17(14-28-21)16-6-7-18-19(12-16)27-11-10-26-18/h1-7,12,14H,8-11,13H2,(H,22,23,24). The average molecular weight is 396 g/mol. The SMILES string of the molecule is O=C(CCOCc1ccccc1)Nc1nc(-c2ccc3c(c2)OCCO3)cs1. The maximum Gasteiger partial charge on any atom is 0.228 e. The highest BCUT2D eigenvalue weighted by Crippen LogP contribution is 2.35. The lowest BCUT2D eigenvalue weighted by Crippen LogP contribution is -2.15. The molecule has 1 N–H and O–H groups in total. The van der Waals surface area contributed by atoms with Crippen LogP contribution in [-0.4, -0.2) is 30.7 Å². The number of rotatable bonds is 7. The molecular formula is C21H20N2O4S. The van der Waals surface area contributed by atoms with Crippen LogP contribution in [-0.2, 0) is 16.1 Å². The molecule has 0 radical (unpaired) electrons. The van der Waals surface area contributed by atoms with Crippen molar-refractivity contribution < 1.29 is 19.0 Å². The number of nitrogens with one attached hydrogen (secondary N) is 1. The summed E-state index contributed by atoms with van der Waals surface area (Å²) >= 11 is 1.39. The normalized spacial score (nSPS) is 12.6. The van der Waals surface area contributed by atoms with Gasteiger partial charge in [0, 0.05) is 10.9 Å². The van der Waals surface area contributed by atoms with Crippen LogP contribution in [0.25, 0.3) is 11.3 Å². The topological polar surface area (TPSA) is 69.7 Å². The van der Waals surface area contributed by atoms with E-state index in [1.54, 1.807) is 0 Å². The molecule has 144 valence electrons. The highest BCUT2D eigenvalue weighted by molar-refractivity contribution is 7.14. The third-order valence-electron chi connectivity index (χ3n) is 4.17. The van der Waals surface area contributed by atoms with Crippen LogP contribution < -0.4 is 14.8 Å². The molecule has 1 aromatic heterocycles. The smallest absolute Gasteiger partial charge is 0.228 e. The van der Waals surface area contributed by atoms with Gasteiger partial charge in [0.15, 0.2) is 16.6 Å². The lowest BCUT2D eigenvalue weighted by atomic mass is 10.1. The molecule has 0 saturated carbocycles. The Morgan fingerprint density at radius 1 is 1.11 bits per heavy atom. The van der Waals surface area contributed by atoms with E-state index in [0.717, 1.165) is 28.3 Å². The zero-order valence-electron chi connectivity index (χ0n) is 15.2. The zero-order chi connectivity index (χ0) is 19.2. The van der Waals surface area contributed by atoms with E-state index in [0.29, 0.717) is 31.6 Å². The molecule has 0 spiro atoms. The molecule has 1 aliphatic rings. The van der Waals surface area contributed by atoms with Gasteiger partial charge in [-0.1, -0.05) is 30.3 Å². The number of hydrogen-bond donors (Lipinski definition) is 1. The van der Waals surface area contributed by atoms with Crippen LogP contribution in [0.15, 0.2) is 53.9 Å². The predicted molar refractivity (Wildman–Crippen MR) is 108 cm³/mol. The fourth-order valence-corrected chi connectivity index (χ4v) is 3.51. The molecule has 4 rings (SSSR count). The monoisotopic (exact) mass is 396 g/mol. The highest BCUT2D eigenvalue weighted by atomic mass is 32.1. The minimum atomic E-state index is -0.115. The summed E-state index contributed by atoms with van der Waals surface area (Å²) in [5, 5.41) is 5.30. The van der Waals surface area contributed by atoms with Crippen LogP contribution in [0, 0.1) is 0 Å². The van der Waals surface area contributed by atoms with Crippen LogP contribution in [0.1, 0.15) is 12.0 Å². The molecule has 2 aromatic carbocycles. The number of benzene rings is 2. The van der Waals surface area contributed by atoms with Crippen molar-refractivity contribution in [2.24, 2.45) is 0 Å². The number of amides is 1. The van der Waals surface area contributed by atoms with Gasteiger partial charge in [0.1, 0.15) is 13.2 Å². The Bertz CT molecular complexity index is 943. The summed E-state index contributed by atoms with van der Waals surface area (Å²) in [7, 11) is 0. The molecule has 7 heteroatoms. The lowest BCUT2D eigenvalue weighted by molar-refractivity contribution is -0.117. The molecule has 1 amide bonds. The van der Waals surface area contributed by atoms with Gasteiger partial charge in [0.05, 0.1) is 25.3 Å². The molecule has 0 unspecified atom stereocenters. The summed E-state index contributed by atoms with van der Waals surface area (Å²) in [6, 6.07) is 15.6. The van der Waals surface area contributed by atoms with Crippen molar-refractivity contribution in [1.82, 2.24) is 4.98 Å². The lowest BCUT2D eigenvalue weighted by Gasteiger charge is -2.18. The van der Waals surface area contributed by atoms with E-state index in [1.165, 1.54) is 11.3 Å². The van der Waals surface area contributed by atoms with Crippen molar-refractivity contribution in [3.8, 4) is 22.8 Å². The van der Waals surface area contributed by atoms with Gasteiger partial charge in [-0.15, -0.1) is 11.3 Å². The van der Waals surface area contributed by atoms with Crippen molar-refractivity contribution in [3.63, 3.8) is 0 Å². The predicted octanol–water partition coefficient (Wildman–Crippen LogP) is 4.13. The molecule has 1 aliphatic heterocycles. The Hall–Kier alpha value is -2.90. The number of carbonyl (C=O) groups is 1. The number of anilines is 1. The van der Waals surface area contributed by atoms with E-state index in [4.69, 9.17) is 14.2 Å². The van der Waals surface area contributed by atoms with E-state index in [2.05, 4.69) is 10.3 Å². The Labute approximate surface area is 167 Å². The summed E-state index contributed by atoms with van der Waals surface area (Å²) in [4.78, 5) is 16.6. The average Bonchev–Trinajstić information content (AvgIpc) is 3.20. The van der Waals surface area contributed by atoms with E-state index >= 15 is 0 Å². The Kier molecular flexibility index (Phi) is 5.84. The minimum Gasteiger partial charge on any atom is -0.486 e. The van der Waals surface area contributed by atoms with Gasteiger partial charge in [-0.05, 0) is 23.8 Å². The molecular weight excluding hydrogens is 376 g/mol. The van der Waals surface area contributed by atoms with Gasteiger partial charge >= 0.3 is 0 Å². The second-order valence-corrected chi connectivity index (χ2v) is 7.09. The molecule has 0 bridgehead atoms. The maximum atomic E-state index is 12.1. The fourth-order valence-electron chi connectivity index (χ4n) is 2.78. The summed E-state index contributed by atoms with van der Waals surface area (Å²) in [5.74, 6) is 1.35. The van der Waals surface area contributed by atoms with Gasteiger partial charge < -0.3 is 19.5 Å². The molecule has 0 saturated heterocycles. The molecule has 6 nitrogen and oxygen atoms in total. The number of thiazole rings is 1. The molecule has 0 atom stereocenters. The van der Waals surface area contributed by atoms with Gasteiger partial charge in [0.2, 0.25) is 5.91 Å². The first kappa shape index (κ1) is 18.5. The van der Waals surface area contributed by atoms with Gasteiger partial charge in [-0.3, -0.25) is 4.79 Å².